The molecule has 0 radical (unpaired) electrons. The van der Waals surface area contributed by atoms with E-state index < -0.39 is 19.1 Å². The van der Waals surface area contributed by atoms with Gasteiger partial charge < -0.3 is 20.5 Å². The smallest absolute Gasteiger partial charge is 0.319 e. The summed E-state index contributed by atoms with van der Waals surface area (Å²) in [7, 11) is 0. The van der Waals surface area contributed by atoms with Gasteiger partial charge in [0.2, 0.25) is 0 Å². The average molecular weight is 316 g/mol. The van der Waals surface area contributed by atoms with E-state index in [0.29, 0.717) is 18.7 Å². The van der Waals surface area contributed by atoms with Crippen molar-refractivity contribution in [3.05, 3.63) is 24.3 Å². The Hall–Kier alpha value is -1.89. The predicted octanol–water partition coefficient (Wildman–Crippen LogP) is 2.86. The molecule has 1 aromatic carbocycles. The molecule has 0 spiro atoms. The van der Waals surface area contributed by atoms with Crippen molar-refractivity contribution in [3.63, 3.8) is 0 Å². The third-order valence-corrected chi connectivity index (χ3v) is 3.02. The maximum absolute atomic E-state index is 12.2. The molecule has 0 heterocycles. The molecule has 7 heteroatoms. The van der Waals surface area contributed by atoms with Gasteiger partial charge in [0.15, 0.2) is 0 Å². The molecule has 0 fully saturated rings. The minimum absolute atomic E-state index is 0.0423. The molecule has 22 heavy (non-hydrogen) atoms. The largest absolute Gasteiger partial charge is 0.485 e. The number of nitrogens with one attached hydrogen (secondary N) is 2. The fraction of sp³-hybridized carbons (Fsp3) is 0.533. The molecular formula is C15H22F2N2O3. The molecular weight excluding hydrogens is 294 g/mol. The van der Waals surface area contributed by atoms with Crippen molar-refractivity contribution in [2.75, 3.05) is 25.1 Å². The minimum Gasteiger partial charge on any atom is -0.485 e. The molecule has 0 atom stereocenters. The molecule has 1 aromatic rings. The lowest BCUT2D eigenvalue weighted by atomic mass is 9.90. The fourth-order valence-corrected chi connectivity index (χ4v) is 1.73. The second-order valence-corrected chi connectivity index (χ2v) is 5.64. The summed E-state index contributed by atoms with van der Waals surface area (Å²) in [5.74, 6) is 0.188. The number of carbonyl (C=O) groups excluding carboxylic acids is 1. The number of aliphatic hydroxyl groups excluding tert-OH is 1. The zero-order valence-corrected chi connectivity index (χ0v) is 12.7. The number of para-hydroxylation sites is 2. The Morgan fingerprint density at radius 1 is 1.36 bits per heavy atom. The highest BCUT2D eigenvalue weighted by molar-refractivity contribution is 5.90. The Kier molecular flexibility index (Phi) is 7.04. The Morgan fingerprint density at radius 3 is 2.68 bits per heavy atom. The lowest BCUT2D eigenvalue weighted by molar-refractivity contribution is 0.0822. The van der Waals surface area contributed by atoms with Crippen molar-refractivity contribution in [3.8, 4) is 5.75 Å². The number of halogens is 2. The van der Waals surface area contributed by atoms with Crippen molar-refractivity contribution in [2.24, 2.45) is 5.41 Å². The molecule has 0 saturated heterocycles. The van der Waals surface area contributed by atoms with Crippen LogP contribution in [0.5, 0.6) is 5.75 Å². The minimum atomic E-state index is -2.58. The summed E-state index contributed by atoms with van der Waals surface area (Å²) in [4.78, 5) is 11.9. The summed E-state index contributed by atoms with van der Waals surface area (Å²) in [6.07, 6.45) is -2.03. The number of alkyl halides is 2. The van der Waals surface area contributed by atoms with E-state index in [1.54, 1.807) is 18.2 Å². The third kappa shape index (κ3) is 6.71. The SMILES string of the molecule is CC(C)(CCO)CNC(=O)Nc1ccccc1OCC(F)F. The van der Waals surface area contributed by atoms with Gasteiger partial charge in [0.05, 0.1) is 5.69 Å². The van der Waals surface area contributed by atoms with Crippen LogP contribution in [-0.2, 0) is 0 Å². The molecule has 3 N–H and O–H groups in total. The molecule has 0 aliphatic rings. The fourth-order valence-electron chi connectivity index (χ4n) is 1.73. The Bertz CT molecular complexity index is 482. The summed E-state index contributed by atoms with van der Waals surface area (Å²) in [5.41, 5.74) is 0.0817. The maximum Gasteiger partial charge on any atom is 0.319 e. The van der Waals surface area contributed by atoms with Crippen LogP contribution in [0, 0.1) is 5.41 Å². The summed E-state index contributed by atoms with van der Waals surface area (Å²) in [5, 5.41) is 14.2. The first-order chi connectivity index (χ1) is 10.3. The van der Waals surface area contributed by atoms with Gasteiger partial charge in [0.1, 0.15) is 12.4 Å². The number of hydrogen-bond donors (Lipinski definition) is 3. The van der Waals surface area contributed by atoms with Crippen LogP contribution in [0.3, 0.4) is 0 Å². The first-order valence-electron chi connectivity index (χ1n) is 7.00. The van der Waals surface area contributed by atoms with E-state index >= 15 is 0 Å². The van der Waals surface area contributed by atoms with E-state index in [9.17, 15) is 13.6 Å². The molecule has 2 amide bonds. The third-order valence-electron chi connectivity index (χ3n) is 3.02. The number of amides is 2. The second-order valence-electron chi connectivity index (χ2n) is 5.64. The molecule has 5 nitrogen and oxygen atoms in total. The molecule has 0 aromatic heterocycles. The van der Waals surface area contributed by atoms with E-state index in [1.165, 1.54) is 6.07 Å². The normalized spacial score (nSPS) is 11.4. The highest BCUT2D eigenvalue weighted by Crippen LogP contribution is 2.24. The van der Waals surface area contributed by atoms with Gasteiger partial charge in [-0.25, -0.2) is 13.6 Å². The molecule has 0 aliphatic heterocycles. The topological polar surface area (TPSA) is 70.6 Å². The van der Waals surface area contributed by atoms with Gasteiger partial charge in [-0.2, -0.15) is 0 Å². The van der Waals surface area contributed by atoms with Crippen molar-refractivity contribution >= 4 is 11.7 Å². The van der Waals surface area contributed by atoms with Crippen molar-refractivity contribution in [2.45, 2.75) is 26.7 Å². The summed E-state index contributed by atoms with van der Waals surface area (Å²) in [6, 6.07) is 5.92. The first kappa shape index (κ1) is 18.2. The van der Waals surface area contributed by atoms with E-state index in [4.69, 9.17) is 9.84 Å². The average Bonchev–Trinajstić information content (AvgIpc) is 2.44. The quantitative estimate of drug-likeness (QED) is 0.690. The number of anilines is 1. The molecule has 1 rings (SSSR count). The van der Waals surface area contributed by atoms with Crippen LogP contribution in [0.4, 0.5) is 19.3 Å². The van der Waals surface area contributed by atoms with Crippen LogP contribution in [0.1, 0.15) is 20.3 Å². The van der Waals surface area contributed by atoms with Gasteiger partial charge in [-0.1, -0.05) is 26.0 Å². The molecule has 0 saturated carbocycles. The van der Waals surface area contributed by atoms with Crippen molar-refractivity contribution < 1.29 is 23.4 Å². The van der Waals surface area contributed by atoms with Gasteiger partial charge >= 0.3 is 6.03 Å². The lowest BCUT2D eigenvalue weighted by Crippen LogP contribution is -2.37. The van der Waals surface area contributed by atoms with E-state index in [-0.39, 0.29) is 17.8 Å². The highest BCUT2D eigenvalue weighted by atomic mass is 19.3. The van der Waals surface area contributed by atoms with E-state index in [1.807, 2.05) is 13.8 Å². The first-order valence-corrected chi connectivity index (χ1v) is 7.00. The standard InChI is InChI=1S/C15H22F2N2O3/c1-15(2,7-8-20)10-18-14(21)19-11-5-3-4-6-12(11)22-9-13(16)17/h3-6,13,20H,7-10H2,1-2H3,(H2,18,19,21). The number of carbonyl (C=O) groups is 1. The van der Waals surface area contributed by atoms with Crippen LogP contribution in [0.15, 0.2) is 24.3 Å². The predicted molar refractivity (Wildman–Crippen MR) is 80.4 cm³/mol. The van der Waals surface area contributed by atoms with Crippen LogP contribution < -0.4 is 15.4 Å². The van der Waals surface area contributed by atoms with Crippen LogP contribution >= 0.6 is 0 Å². The Morgan fingerprint density at radius 2 is 2.05 bits per heavy atom. The summed E-state index contributed by atoms with van der Waals surface area (Å²) < 4.78 is 29.3. The molecule has 0 aliphatic carbocycles. The molecule has 0 bridgehead atoms. The van der Waals surface area contributed by atoms with Crippen LogP contribution in [-0.4, -0.2) is 37.3 Å². The zero-order valence-electron chi connectivity index (χ0n) is 12.7. The number of benzene rings is 1. The number of urea groups is 1. The monoisotopic (exact) mass is 316 g/mol. The number of rotatable bonds is 8. The van der Waals surface area contributed by atoms with Gasteiger partial charge in [0, 0.05) is 13.2 Å². The van der Waals surface area contributed by atoms with Gasteiger partial charge in [-0.3, -0.25) is 0 Å². The number of aliphatic hydroxyl groups is 1. The van der Waals surface area contributed by atoms with Gasteiger partial charge in [-0.15, -0.1) is 0 Å². The number of hydrogen-bond acceptors (Lipinski definition) is 3. The van der Waals surface area contributed by atoms with Gasteiger partial charge in [-0.05, 0) is 24.0 Å². The number of ether oxygens (including phenoxy) is 1. The zero-order chi connectivity index (χ0) is 16.6. The van der Waals surface area contributed by atoms with E-state index in [0.717, 1.165) is 0 Å². The second kappa shape index (κ2) is 8.53. The van der Waals surface area contributed by atoms with Crippen molar-refractivity contribution in [1.29, 1.82) is 0 Å². The maximum atomic E-state index is 12.2. The Labute approximate surface area is 128 Å². The van der Waals surface area contributed by atoms with Gasteiger partial charge in [0.25, 0.3) is 6.43 Å². The van der Waals surface area contributed by atoms with Crippen molar-refractivity contribution in [1.82, 2.24) is 5.32 Å². The van der Waals surface area contributed by atoms with E-state index in [2.05, 4.69) is 10.6 Å². The molecule has 124 valence electrons. The Balaban J connectivity index is 2.57. The van der Waals surface area contributed by atoms with Crippen LogP contribution in [0.2, 0.25) is 0 Å². The summed E-state index contributed by atoms with van der Waals surface area (Å²) in [6.45, 7) is 3.52. The lowest BCUT2D eigenvalue weighted by Gasteiger charge is -2.24. The highest BCUT2D eigenvalue weighted by Gasteiger charge is 2.18. The molecule has 0 unspecified atom stereocenters. The van der Waals surface area contributed by atoms with Crippen LogP contribution in [0.25, 0.3) is 0 Å². The summed E-state index contributed by atoms with van der Waals surface area (Å²) >= 11 is 0.